The van der Waals surface area contributed by atoms with Gasteiger partial charge in [0.2, 0.25) is 0 Å². The molecule has 0 saturated carbocycles. The molecule has 0 aliphatic heterocycles. The van der Waals surface area contributed by atoms with E-state index in [-0.39, 0.29) is 0 Å². The van der Waals surface area contributed by atoms with Crippen molar-refractivity contribution in [3.63, 3.8) is 0 Å². The maximum Gasteiger partial charge on any atom is 0.324 e. The van der Waals surface area contributed by atoms with Crippen LogP contribution in [0.25, 0.3) is 0 Å². The lowest BCUT2D eigenvalue weighted by atomic mass is 10.1. The van der Waals surface area contributed by atoms with Crippen molar-refractivity contribution in [1.82, 2.24) is 5.32 Å². The molecule has 0 aromatic heterocycles. The van der Waals surface area contributed by atoms with Crippen molar-refractivity contribution in [2.45, 2.75) is 38.6 Å². The van der Waals surface area contributed by atoms with Gasteiger partial charge in [0.25, 0.3) is 0 Å². The average molecular weight is 219 g/mol. The molecule has 0 fully saturated rings. The smallest absolute Gasteiger partial charge is 0.324 e. The highest BCUT2D eigenvalue weighted by Gasteiger charge is 2.30. The van der Waals surface area contributed by atoms with Crippen LogP contribution in [0, 0.1) is 0 Å². The van der Waals surface area contributed by atoms with E-state index in [0.29, 0.717) is 5.75 Å². The van der Waals surface area contributed by atoms with E-state index in [0.717, 1.165) is 5.75 Å². The number of hydrogen-bond acceptors (Lipinski definition) is 3. The lowest BCUT2D eigenvalue weighted by molar-refractivity contribution is -0.142. The van der Waals surface area contributed by atoms with E-state index < -0.39 is 11.5 Å². The monoisotopic (exact) mass is 219 g/mol. The van der Waals surface area contributed by atoms with Crippen molar-refractivity contribution < 1.29 is 9.90 Å². The van der Waals surface area contributed by atoms with Gasteiger partial charge in [0, 0.05) is 5.75 Å². The number of carbonyl (C=O) groups is 1. The summed E-state index contributed by atoms with van der Waals surface area (Å²) in [5.41, 5.74) is -0.781. The third-order valence-corrected chi connectivity index (χ3v) is 3.67. The van der Waals surface area contributed by atoms with Crippen molar-refractivity contribution in [3.8, 4) is 0 Å². The lowest BCUT2D eigenvalue weighted by Gasteiger charge is -2.23. The molecule has 0 amide bonds. The minimum Gasteiger partial charge on any atom is -0.480 e. The van der Waals surface area contributed by atoms with Crippen LogP contribution in [0.1, 0.15) is 33.1 Å². The minimum absolute atomic E-state index is 0.628. The van der Waals surface area contributed by atoms with Crippen LogP contribution in [0.3, 0.4) is 0 Å². The molecule has 14 heavy (non-hydrogen) atoms. The van der Waals surface area contributed by atoms with Crippen LogP contribution in [-0.4, -0.2) is 35.2 Å². The van der Waals surface area contributed by atoms with Gasteiger partial charge in [-0.3, -0.25) is 4.79 Å². The summed E-state index contributed by atoms with van der Waals surface area (Å²) in [6.07, 6.45) is 3.62. The number of aliphatic carboxylic acids is 1. The second-order valence-electron chi connectivity index (χ2n) is 3.65. The summed E-state index contributed by atoms with van der Waals surface area (Å²) in [5.74, 6) is 0.906. The van der Waals surface area contributed by atoms with E-state index in [2.05, 4.69) is 12.2 Å². The third-order valence-electron chi connectivity index (χ3n) is 2.31. The molecule has 0 rings (SSSR count). The van der Waals surface area contributed by atoms with Gasteiger partial charge in [0.05, 0.1) is 0 Å². The Labute approximate surface area is 90.7 Å². The predicted octanol–water partition coefficient (Wildman–Crippen LogP) is 1.97. The molecule has 84 valence electrons. The molecule has 0 heterocycles. The first-order chi connectivity index (χ1) is 6.56. The van der Waals surface area contributed by atoms with Gasteiger partial charge in [-0.15, -0.1) is 0 Å². The Morgan fingerprint density at radius 1 is 1.50 bits per heavy atom. The summed E-state index contributed by atoms with van der Waals surface area (Å²) in [6, 6.07) is 0. The molecule has 4 heteroatoms. The SMILES string of the molecule is CCCCCSCC(C)(NC)C(=O)O. The molecule has 0 radical (unpaired) electrons. The van der Waals surface area contributed by atoms with E-state index in [1.807, 2.05) is 0 Å². The molecule has 0 aromatic rings. The van der Waals surface area contributed by atoms with Gasteiger partial charge in [-0.2, -0.15) is 11.8 Å². The van der Waals surface area contributed by atoms with Crippen LogP contribution >= 0.6 is 11.8 Å². The number of carboxylic acid groups (broad SMARTS) is 1. The Morgan fingerprint density at radius 2 is 2.14 bits per heavy atom. The number of likely N-dealkylation sites (N-methyl/N-ethyl adjacent to an activating group) is 1. The van der Waals surface area contributed by atoms with Gasteiger partial charge in [-0.1, -0.05) is 19.8 Å². The van der Waals surface area contributed by atoms with Crippen molar-refractivity contribution >= 4 is 17.7 Å². The number of carboxylic acids is 1. The van der Waals surface area contributed by atoms with Gasteiger partial charge in [0.15, 0.2) is 0 Å². The van der Waals surface area contributed by atoms with Crippen LogP contribution in [0.2, 0.25) is 0 Å². The zero-order chi connectivity index (χ0) is 11.0. The maximum absolute atomic E-state index is 10.9. The Kier molecular flexibility index (Phi) is 7.01. The highest BCUT2D eigenvalue weighted by atomic mass is 32.2. The number of nitrogens with one attached hydrogen (secondary N) is 1. The predicted molar refractivity (Wildman–Crippen MR) is 62.0 cm³/mol. The summed E-state index contributed by atoms with van der Waals surface area (Å²) in [6.45, 7) is 3.89. The quantitative estimate of drug-likeness (QED) is 0.613. The van der Waals surface area contributed by atoms with Crippen molar-refractivity contribution in [1.29, 1.82) is 0 Å². The normalized spacial score (nSPS) is 15.1. The molecular formula is C10H21NO2S. The van der Waals surface area contributed by atoms with Gasteiger partial charge < -0.3 is 10.4 Å². The van der Waals surface area contributed by atoms with Crippen molar-refractivity contribution in [3.05, 3.63) is 0 Å². The van der Waals surface area contributed by atoms with E-state index >= 15 is 0 Å². The zero-order valence-electron chi connectivity index (χ0n) is 9.30. The summed E-state index contributed by atoms with van der Waals surface area (Å²) in [4.78, 5) is 10.9. The topological polar surface area (TPSA) is 49.3 Å². The fourth-order valence-corrected chi connectivity index (χ4v) is 2.20. The molecule has 1 unspecified atom stereocenters. The van der Waals surface area contributed by atoms with Crippen LogP contribution in [0.15, 0.2) is 0 Å². The van der Waals surface area contributed by atoms with Crippen LogP contribution < -0.4 is 5.32 Å². The molecule has 0 aliphatic rings. The number of thioether (sulfide) groups is 1. The summed E-state index contributed by atoms with van der Waals surface area (Å²) < 4.78 is 0. The van der Waals surface area contributed by atoms with Gasteiger partial charge >= 0.3 is 5.97 Å². The molecule has 1 atom stereocenters. The second-order valence-corrected chi connectivity index (χ2v) is 4.75. The van der Waals surface area contributed by atoms with E-state index in [1.54, 1.807) is 25.7 Å². The second kappa shape index (κ2) is 7.12. The summed E-state index contributed by atoms with van der Waals surface area (Å²) in [7, 11) is 1.70. The molecular weight excluding hydrogens is 198 g/mol. The largest absolute Gasteiger partial charge is 0.480 e. The highest BCUT2D eigenvalue weighted by Crippen LogP contribution is 2.15. The molecule has 0 saturated heterocycles. The molecule has 0 aromatic carbocycles. The van der Waals surface area contributed by atoms with E-state index in [1.165, 1.54) is 19.3 Å². The first-order valence-corrected chi connectivity index (χ1v) is 6.22. The summed E-state index contributed by atoms with van der Waals surface area (Å²) in [5, 5.41) is 11.8. The molecule has 0 aliphatic carbocycles. The zero-order valence-corrected chi connectivity index (χ0v) is 10.1. The molecule has 2 N–H and O–H groups in total. The van der Waals surface area contributed by atoms with Gasteiger partial charge in [-0.25, -0.2) is 0 Å². The van der Waals surface area contributed by atoms with Crippen LogP contribution in [-0.2, 0) is 4.79 Å². The molecule has 3 nitrogen and oxygen atoms in total. The first kappa shape index (κ1) is 13.8. The lowest BCUT2D eigenvalue weighted by Crippen LogP contribution is -2.49. The number of rotatable bonds is 8. The summed E-state index contributed by atoms with van der Waals surface area (Å²) >= 11 is 1.71. The number of hydrogen-bond donors (Lipinski definition) is 2. The standard InChI is InChI=1S/C10H21NO2S/c1-4-5-6-7-14-8-10(2,11-3)9(12)13/h11H,4-8H2,1-3H3,(H,12,13). The Bertz CT molecular complexity index is 176. The van der Waals surface area contributed by atoms with E-state index in [4.69, 9.17) is 5.11 Å². The van der Waals surface area contributed by atoms with Crippen LogP contribution in [0.4, 0.5) is 0 Å². The van der Waals surface area contributed by atoms with Gasteiger partial charge in [0.1, 0.15) is 5.54 Å². The highest BCUT2D eigenvalue weighted by molar-refractivity contribution is 7.99. The molecule has 0 spiro atoms. The third kappa shape index (κ3) is 4.86. The fourth-order valence-electron chi connectivity index (χ4n) is 0.971. The fraction of sp³-hybridized carbons (Fsp3) is 0.900. The Morgan fingerprint density at radius 3 is 2.57 bits per heavy atom. The Balaban J connectivity index is 3.68. The van der Waals surface area contributed by atoms with Gasteiger partial charge in [-0.05, 0) is 26.1 Å². The maximum atomic E-state index is 10.9. The van der Waals surface area contributed by atoms with E-state index in [9.17, 15) is 4.79 Å². The number of unbranched alkanes of at least 4 members (excludes halogenated alkanes) is 2. The average Bonchev–Trinajstić information content (AvgIpc) is 2.17. The van der Waals surface area contributed by atoms with Crippen molar-refractivity contribution in [2.24, 2.45) is 0 Å². The van der Waals surface area contributed by atoms with Crippen LogP contribution in [0.5, 0.6) is 0 Å². The minimum atomic E-state index is -0.781. The Hall–Kier alpha value is -0.220. The first-order valence-electron chi connectivity index (χ1n) is 5.07. The van der Waals surface area contributed by atoms with Crippen molar-refractivity contribution in [2.75, 3.05) is 18.6 Å². The molecule has 0 bridgehead atoms.